The molecule has 1 atom stereocenters. The van der Waals surface area contributed by atoms with Crippen molar-refractivity contribution in [2.24, 2.45) is 0 Å². The monoisotopic (exact) mass is 277 g/mol. The third-order valence-electron chi connectivity index (χ3n) is 1.93. The number of hydrogen-bond acceptors (Lipinski definition) is 3. The normalized spacial score (nSPS) is 12.8. The Labute approximate surface area is 103 Å². The molecule has 0 amide bonds. The number of benzene rings is 1. The van der Waals surface area contributed by atoms with Gasteiger partial charge in [-0.05, 0) is 17.3 Å². The van der Waals surface area contributed by atoms with Crippen LogP contribution in [0.5, 0.6) is 0 Å². The highest BCUT2D eigenvalue weighted by atomic mass is 32.2. The lowest BCUT2D eigenvalue weighted by atomic mass is 10.2. The van der Waals surface area contributed by atoms with E-state index in [2.05, 4.69) is 10.2 Å². The molecule has 2 aromatic rings. The van der Waals surface area contributed by atoms with Crippen molar-refractivity contribution in [2.45, 2.75) is 15.6 Å². The second kappa shape index (κ2) is 5.05. The van der Waals surface area contributed by atoms with Gasteiger partial charge in [0, 0.05) is 5.75 Å². The first kappa shape index (κ1) is 12.4. The van der Waals surface area contributed by atoms with Crippen LogP contribution in [0.25, 0.3) is 0 Å². The van der Waals surface area contributed by atoms with E-state index in [9.17, 15) is 13.2 Å². The molecule has 2 nitrogen and oxygen atoms in total. The molecule has 0 aliphatic heterocycles. The van der Waals surface area contributed by atoms with Crippen LogP contribution in [0.2, 0.25) is 0 Å². The molecule has 0 spiro atoms. The third-order valence-corrected chi connectivity index (χ3v) is 4.89. The topological polar surface area (TPSA) is 25.8 Å². The van der Waals surface area contributed by atoms with Gasteiger partial charge in [0.25, 0.3) is 5.51 Å². The molecule has 0 saturated heterocycles. The second-order valence-electron chi connectivity index (χ2n) is 3.14. The first-order chi connectivity index (χ1) is 8.07. The van der Waals surface area contributed by atoms with Gasteiger partial charge in [-0.3, -0.25) is 0 Å². The van der Waals surface area contributed by atoms with Crippen molar-refractivity contribution in [1.29, 1.82) is 0 Å². The summed E-state index contributed by atoms with van der Waals surface area (Å²) in [5.74, 6) is 0.475. The van der Waals surface area contributed by atoms with E-state index in [1.807, 2.05) is 30.3 Å². The van der Waals surface area contributed by atoms with Crippen LogP contribution in [0.4, 0.5) is 13.2 Å². The summed E-state index contributed by atoms with van der Waals surface area (Å²) in [7, 11) is -1.93. The van der Waals surface area contributed by atoms with E-state index in [4.69, 9.17) is 0 Å². The van der Waals surface area contributed by atoms with Gasteiger partial charge in [-0.15, -0.1) is 13.2 Å². The van der Waals surface area contributed by atoms with Gasteiger partial charge in [-0.2, -0.15) is 0 Å². The Hall–Kier alpha value is -1.08. The Kier molecular flexibility index (Phi) is 3.68. The predicted octanol–water partition coefficient (Wildman–Crippen LogP) is 3.99. The van der Waals surface area contributed by atoms with E-state index in [1.54, 1.807) is 0 Å². The molecule has 0 saturated carbocycles. The molecule has 90 valence electrons. The van der Waals surface area contributed by atoms with Crippen LogP contribution >= 0.6 is 22.2 Å². The Balaban J connectivity index is 2.08. The molecule has 0 radical (unpaired) electrons. The quantitative estimate of drug-likeness (QED) is 0.626. The zero-order chi connectivity index (χ0) is 12.3. The standard InChI is InChI=1S/C10H8F3N2S2/c11-10(12,13)17-7-14-15-9(17)16-6-8-4-2-1-3-5-8/h1-5,7H,6H2/q+1. The van der Waals surface area contributed by atoms with Crippen molar-refractivity contribution in [2.75, 3.05) is 0 Å². The lowest BCUT2D eigenvalue weighted by Gasteiger charge is -1.98. The second-order valence-corrected chi connectivity index (χ2v) is 6.10. The van der Waals surface area contributed by atoms with E-state index >= 15 is 0 Å². The van der Waals surface area contributed by atoms with Gasteiger partial charge in [0.05, 0.1) is 0 Å². The van der Waals surface area contributed by atoms with E-state index in [1.165, 1.54) is 0 Å². The fraction of sp³-hybridized carbons (Fsp3) is 0.200. The van der Waals surface area contributed by atoms with Crippen LogP contribution in [0.1, 0.15) is 5.56 Å². The number of halogens is 3. The van der Waals surface area contributed by atoms with Crippen LogP contribution < -0.4 is 0 Å². The van der Waals surface area contributed by atoms with E-state index in [0.717, 1.165) is 22.8 Å². The van der Waals surface area contributed by atoms with Gasteiger partial charge >= 0.3 is 9.85 Å². The van der Waals surface area contributed by atoms with Crippen LogP contribution in [0, 0.1) is 0 Å². The van der Waals surface area contributed by atoms with Crippen LogP contribution in [0.15, 0.2) is 40.2 Å². The van der Waals surface area contributed by atoms with Crippen molar-refractivity contribution in [3.63, 3.8) is 0 Å². The van der Waals surface area contributed by atoms with Gasteiger partial charge in [0.2, 0.25) is 0 Å². The Morgan fingerprint density at radius 1 is 1.18 bits per heavy atom. The van der Waals surface area contributed by atoms with Gasteiger partial charge in [-0.1, -0.05) is 40.5 Å². The molecular weight excluding hydrogens is 269 g/mol. The number of rotatable bonds is 3. The number of aromatic nitrogens is 2. The molecule has 7 heteroatoms. The number of nitrogens with zero attached hydrogens (tertiary/aromatic N) is 2. The zero-order valence-electron chi connectivity index (χ0n) is 8.52. The molecule has 1 unspecified atom stereocenters. The maximum Gasteiger partial charge on any atom is 0.604 e. The first-order valence-electron chi connectivity index (χ1n) is 4.65. The predicted molar refractivity (Wildman–Crippen MR) is 61.8 cm³/mol. The van der Waals surface area contributed by atoms with Crippen molar-refractivity contribution < 1.29 is 13.2 Å². The molecule has 0 aliphatic rings. The summed E-state index contributed by atoms with van der Waals surface area (Å²) in [6, 6.07) is 9.31. The highest BCUT2D eigenvalue weighted by Crippen LogP contribution is 2.47. The van der Waals surface area contributed by atoms with Crippen molar-refractivity contribution in [3.05, 3.63) is 41.4 Å². The lowest BCUT2D eigenvalue weighted by molar-refractivity contribution is -0.0875. The zero-order valence-corrected chi connectivity index (χ0v) is 10.1. The van der Waals surface area contributed by atoms with Crippen LogP contribution in [-0.2, 0) is 11.3 Å². The summed E-state index contributed by atoms with van der Waals surface area (Å²) in [6.07, 6.45) is 0. The smallest absolute Gasteiger partial charge is 0.118 e. The molecule has 0 aliphatic carbocycles. The number of thioether (sulfide) groups is 1. The SMILES string of the molecule is FC(F)(F)[s+]1cnnc1SCc1ccccc1. The highest BCUT2D eigenvalue weighted by molar-refractivity contribution is 8.00. The first-order valence-corrected chi connectivity index (χ1v) is 6.92. The van der Waals surface area contributed by atoms with Gasteiger partial charge in [0.15, 0.2) is 0 Å². The molecule has 0 bridgehead atoms. The Morgan fingerprint density at radius 2 is 1.88 bits per heavy atom. The summed E-state index contributed by atoms with van der Waals surface area (Å²) in [4.78, 5) is 0. The Morgan fingerprint density at radius 3 is 2.53 bits per heavy atom. The molecular formula is C10H8F3N2S2+. The summed E-state index contributed by atoms with van der Waals surface area (Å²) in [5, 5.41) is 6.90. The van der Waals surface area contributed by atoms with E-state index < -0.39 is 16.0 Å². The molecule has 1 aromatic heterocycles. The summed E-state index contributed by atoms with van der Waals surface area (Å²) >= 11 is 1.09. The minimum absolute atomic E-state index is 0.0429. The molecule has 1 aromatic carbocycles. The van der Waals surface area contributed by atoms with Crippen molar-refractivity contribution >= 4 is 22.2 Å². The molecule has 17 heavy (non-hydrogen) atoms. The lowest BCUT2D eigenvalue weighted by Crippen LogP contribution is -1.95. The van der Waals surface area contributed by atoms with E-state index in [0.29, 0.717) is 5.75 Å². The van der Waals surface area contributed by atoms with Crippen LogP contribution in [0.3, 0.4) is 0 Å². The average molecular weight is 277 g/mol. The maximum absolute atomic E-state index is 12.6. The highest BCUT2D eigenvalue weighted by Gasteiger charge is 2.47. The third kappa shape index (κ3) is 3.19. The summed E-state index contributed by atoms with van der Waals surface area (Å²) in [5.41, 5.74) is -2.44. The largest absolute Gasteiger partial charge is 0.604 e. The number of hydrogen-bond donors (Lipinski definition) is 0. The van der Waals surface area contributed by atoms with Gasteiger partial charge < -0.3 is 0 Å². The molecule has 0 N–H and O–H groups in total. The minimum Gasteiger partial charge on any atom is -0.118 e. The fourth-order valence-electron chi connectivity index (χ4n) is 1.18. The van der Waals surface area contributed by atoms with E-state index in [-0.39, 0.29) is 4.34 Å². The molecule has 0 fully saturated rings. The van der Waals surface area contributed by atoms with Gasteiger partial charge in [0.1, 0.15) is 10.5 Å². The molecule has 2 rings (SSSR count). The minimum atomic E-state index is -4.28. The molecule has 1 heterocycles. The fourth-order valence-corrected chi connectivity index (χ4v) is 3.55. The number of alkyl halides is 3. The van der Waals surface area contributed by atoms with Crippen LogP contribution in [-0.4, -0.2) is 10.2 Å². The van der Waals surface area contributed by atoms with Crippen molar-refractivity contribution in [1.82, 2.24) is 10.2 Å². The maximum atomic E-state index is 12.6. The van der Waals surface area contributed by atoms with Gasteiger partial charge in [-0.25, -0.2) is 0 Å². The summed E-state index contributed by atoms with van der Waals surface area (Å²) in [6.45, 7) is 0. The van der Waals surface area contributed by atoms with Crippen molar-refractivity contribution in [3.8, 4) is 0 Å². The average Bonchev–Trinajstić information content (AvgIpc) is 2.75. The Bertz CT molecular complexity index is 482. The summed E-state index contributed by atoms with van der Waals surface area (Å²) < 4.78 is 37.7.